The zero-order valence-corrected chi connectivity index (χ0v) is 21.0. The van der Waals surface area contributed by atoms with Crippen LogP contribution in [0.25, 0.3) is 0 Å². The molecule has 0 saturated carbocycles. The number of nitrogens with zero attached hydrogens (tertiary/aromatic N) is 6. The number of nitrogens with one attached hydrogen (secondary N) is 1. The molecular weight excluding hydrogens is 486 g/mol. The number of amides is 2. The maximum Gasteiger partial charge on any atom is 0.269 e. The second kappa shape index (κ2) is 10.7. The highest BCUT2D eigenvalue weighted by Crippen LogP contribution is 2.27. The fourth-order valence-corrected chi connectivity index (χ4v) is 4.86. The number of H-pyrrole nitrogens is 1. The van der Waals surface area contributed by atoms with Crippen LogP contribution < -0.4 is 20.1 Å². The number of aromatic nitrogens is 3. The normalized spacial score (nSPS) is 17.4. The Morgan fingerprint density at radius 3 is 2.82 bits per heavy atom. The van der Waals surface area contributed by atoms with Gasteiger partial charge in [0.15, 0.2) is 0 Å². The first-order chi connectivity index (χ1) is 18.4. The number of pyridine rings is 1. The van der Waals surface area contributed by atoms with Crippen molar-refractivity contribution in [2.24, 2.45) is 0 Å². The molecule has 0 radical (unpaired) electrons. The summed E-state index contributed by atoms with van der Waals surface area (Å²) in [5, 5.41) is 15.4. The van der Waals surface area contributed by atoms with Gasteiger partial charge < -0.3 is 14.5 Å². The lowest BCUT2D eigenvalue weighted by molar-refractivity contribution is -0.120. The maximum absolute atomic E-state index is 13.2. The summed E-state index contributed by atoms with van der Waals surface area (Å²) < 4.78 is 6.08. The summed E-state index contributed by atoms with van der Waals surface area (Å²) in [7, 11) is 0. The van der Waals surface area contributed by atoms with Crippen molar-refractivity contribution >= 4 is 23.3 Å². The Morgan fingerprint density at radius 2 is 2.05 bits per heavy atom. The predicted octanol–water partition coefficient (Wildman–Crippen LogP) is 1.88. The Hall–Kier alpha value is -4.72. The van der Waals surface area contributed by atoms with Crippen molar-refractivity contribution in [3.8, 4) is 11.8 Å². The van der Waals surface area contributed by atoms with Gasteiger partial charge in [-0.05, 0) is 50.1 Å². The summed E-state index contributed by atoms with van der Waals surface area (Å²) in [5.41, 5.74) is 2.10. The Morgan fingerprint density at radius 1 is 1.18 bits per heavy atom. The van der Waals surface area contributed by atoms with Gasteiger partial charge in [0.2, 0.25) is 5.91 Å². The van der Waals surface area contributed by atoms with E-state index < -0.39 is 0 Å². The van der Waals surface area contributed by atoms with Crippen molar-refractivity contribution in [1.29, 1.82) is 5.26 Å². The van der Waals surface area contributed by atoms with Crippen LogP contribution in [-0.4, -0.2) is 70.7 Å². The van der Waals surface area contributed by atoms with Gasteiger partial charge in [-0.2, -0.15) is 10.4 Å². The van der Waals surface area contributed by atoms with Gasteiger partial charge in [0.25, 0.3) is 11.5 Å². The fraction of sp³-hybridized carbons (Fsp3) is 0.333. The van der Waals surface area contributed by atoms with Crippen molar-refractivity contribution in [2.45, 2.75) is 25.8 Å². The molecule has 2 aliphatic rings. The van der Waals surface area contributed by atoms with Crippen LogP contribution in [0.2, 0.25) is 0 Å². The van der Waals surface area contributed by atoms with E-state index in [2.05, 4.69) is 20.1 Å². The van der Waals surface area contributed by atoms with Crippen LogP contribution in [0, 0.1) is 18.3 Å². The molecular formula is C27H27N7O4. The minimum atomic E-state index is -0.246. The first-order valence-corrected chi connectivity index (χ1v) is 12.4. The molecule has 2 amide bonds. The molecule has 0 aliphatic carbocycles. The summed E-state index contributed by atoms with van der Waals surface area (Å²) in [6, 6.07) is 12.3. The molecule has 0 spiro atoms. The van der Waals surface area contributed by atoms with Crippen molar-refractivity contribution in [3.05, 3.63) is 75.8 Å². The Kier molecular flexibility index (Phi) is 7.04. The standard InChI is InChI=1S/C27H27N7O4/c1-18-23(15-30-31-26(18)36)33-9-3-5-21(33)17-38-22-6-2-4-20(12-22)27(37)32-10-11-34(25(35)16-32)24-8-7-19(13-28)14-29-24/h2,4,6-8,12,14-15,21H,3,5,9-11,16-17H2,1H3,(H,31,36)/t21-/m0/s1. The number of nitriles is 1. The molecule has 1 aromatic carbocycles. The number of benzene rings is 1. The largest absolute Gasteiger partial charge is 0.491 e. The molecule has 194 valence electrons. The third-order valence-corrected chi connectivity index (χ3v) is 6.95. The van der Waals surface area contributed by atoms with Crippen LogP contribution in [0.5, 0.6) is 5.75 Å². The number of anilines is 2. The number of hydrogen-bond acceptors (Lipinski definition) is 8. The number of hydrogen-bond donors (Lipinski definition) is 1. The highest BCUT2D eigenvalue weighted by molar-refractivity contribution is 6.01. The zero-order chi connectivity index (χ0) is 26.6. The highest BCUT2D eigenvalue weighted by Gasteiger charge is 2.30. The average Bonchev–Trinajstić information content (AvgIpc) is 3.41. The lowest BCUT2D eigenvalue weighted by Gasteiger charge is -2.33. The van der Waals surface area contributed by atoms with E-state index in [4.69, 9.17) is 10.00 Å². The van der Waals surface area contributed by atoms with E-state index >= 15 is 0 Å². The van der Waals surface area contributed by atoms with Gasteiger partial charge in [0.05, 0.1) is 23.5 Å². The summed E-state index contributed by atoms with van der Waals surface area (Å²) in [5.74, 6) is 0.544. The zero-order valence-electron chi connectivity index (χ0n) is 21.0. The second-order valence-electron chi connectivity index (χ2n) is 9.33. The minimum absolute atomic E-state index is 0.0633. The topological polar surface area (TPSA) is 136 Å². The molecule has 1 N–H and O–H groups in total. The molecule has 0 unspecified atom stereocenters. The number of carbonyl (C=O) groups is 2. The highest BCUT2D eigenvalue weighted by atomic mass is 16.5. The third-order valence-electron chi connectivity index (χ3n) is 6.95. The second-order valence-corrected chi connectivity index (χ2v) is 9.33. The van der Waals surface area contributed by atoms with Crippen LogP contribution in [0.4, 0.5) is 11.5 Å². The Balaban J connectivity index is 1.21. The van der Waals surface area contributed by atoms with E-state index in [9.17, 15) is 14.4 Å². The number of piperazine rings is 1. The van der Waals surface area contributed by atoms with E-state index in [1.807, 2.05) is 6.07 Å². The Labute approximate surface area is 219 Å². The number of aromatic amines is 1. The van der Waals surface area contributed by atoms with Gasteiger partial charge in [0, 0.05) is 37.0 Å². The van der Waals surface area contributed by atoms with E-state index in [1.54, 1.807) is 49.5 Å². The van der Waals surface area contributed by atoms with Crippen molar-refractivity contribution < 1.29 is 14.3 Å². The molecule has 11 heteroatoms. The summed E-state index contributed by atoms with van der Waals surface area (Å²) in [6.45, 7) is 3.61. The van der Waals surface area contributed by atoms with Crippen molar-refractivity contribution in [2.75, 3.05) is 42.6 Å². The smallest absolute Gasteiger partial charge is 0.269 e. The van der Waals surface area contributed by atoms with Crippen molar-refractivity contribution in [1.82, 2.24) is 20.1 Å². The lowest BCUT2D eigenvalue weighted by atomic mass is 10.1. The van der Waals surface area contributed by atoms with Gasteiger partial charge in [-0.3, -0.25) is 19.3 Å². The molecule has 1 atom stereocenters. The number of ether oxygens (including phenoxy) is 1. The lowest BCUT2D eigenvalue weighted by Crippen LogP contribution is -2.52. The average molecular weight is 514 g/mol. The third kappa shape index (κ3) is 5.06. The molecule has 2 saturated heterocycles. The molecule has 2 aliphatic heterocycles. The first-order valence-electron chi connectivity index (χ1n) is 12.4. The van der Waals surface area contributed by atoms with E-state index in [0.717, 1.165) is 25.1 Å². The van der Waals surface area contributed by atoms with Crippen LogP contribution >= 0.6 is 0 Å². The molecule has 2 fully saturated rings. The van der Waals surface area contributed by atoms with Gasteiger partial charge in [-0.25, -0.2) is 10.1 Å². The van der Waals surface area contributed by atoms with Crippen LogP contribution in [-0.2, 0) is 4.79 Å². The van der Waals surface area contributed by atoms with E-state index in [1.165, 1.54) is 16.0 Å². The summed E-state index contributed by atoms with van der Waals surface area (Å²) in [4.78, 5) is 47.3. The molecule has 38 heavy (non-hydrogen) atoms. The Bertz CT molecular complexity index is 1450. The molecule has 4 heterocycles. The SMILES string of the molecule is Cc1c(N2CCC[C@H]2COc2cccc(C(=O)N3CCN(c4ccc(C#N)cn4)C(=O)C3)c2)cn[nH]c1=O. The predicted molar refractivity (Wildman–Crippen MR) is 139 cm³/mol. The van der Waals surface area contributed by atoms with Crippen LogP contribution in [0.3, 0.4) is 0 Å². The summed E-state index contributed by atoms with van der Waals surface area (Å²) >= 11 is 0. The number of carbonyl (C=O) groups excluding carboxylic acids is 2. The van der Waals surface area contributed by atoms with E-state index in [0.29, 0.717) is 48.0 Å². The molecule has 5 rings (SSSR count). The molecule has 11 nitrogen and oxygen atoms in total. The quantitative estimate of drug-likeness (QED) is 0.528. The minimum Gasteiger partial charge on any atom is -0.491 e. The molecule has 0 bridgehead atoms. The fourth-order valence-electron chi connectivity index (χ4n) is 4.86. The van der Waals surface area contributed by atoms with E-state index in [-0.39, 0.29) is 30.0 Å². The van der Waals surface area contributed by atoms with Gasteiger partial charge in [-0.1, -0.05) is 6.07 Å². The number of rotatable bonds is 6. The summed E-state index contributed by atoms with van der Waals surface area (Å²) in [6.07, 6.45) is 5.00. The van der Waals surface area contributed by atoms with Gasteiger partial charge in [0.1, 0.15) is 30.8 Å². The van der Waals surface area contributed by atoms with Crippen LogP contribution in [0.15, 0.2) is 53.6 Å². The van der Waals surface area contributed by atoms with Crippen LogP contribution in [0.1, 0.15) is 34.3 Å². The van der Waals surface area contributed by atoms with Gasteiger partial charge in [-0.15, -0.1) is 0 Å². The molecule has 2 aromatic heterocycles. The maximum atomic E-state index is 13.2. The monoisotopic (exact) mass is 513 g/mol. The van der Waals surface area contributed by atoms with Gasteiger partial charge >= 0.3 is 0 Å². The molecule has 3 aromatic rings. The van der Waals surface area contributed by atoms with Crippen molar-refractivity contribution in [3.63, 3.8) is 0 Å². The first kappa shape index (κ1) is 25.0.